The lowest BCUT2D eigenvalue weighted by molar-refractivity contribution is -0.142. The van der Waals surface area contributed by atoms with E-state index in [1.807, 2.05) is 18.2 Å². The van der Waals surface area contributed by atoms with Gasteiger partial charge in [0.2, 0.25) is 0 Å². The molecule has 0 aliphatic rings. The van der Waals surface area contributed by atoms with Crippen LogP contribution in [0.2, 0.25) is 0 Å². The number of nitrogens with one attached hydrogen (secondary N) is 1. The molecule has 0 atom stereocenters. The highest BCUT2D eigenvalue weighted by atomic mass is 16.5. The Morgan fingerprint density at radius 3 is 2.82 bits per heavy atom. The highest BCUT2D eigenvalue weighted by Crippen LogP contribution is 2.02. The predicted molar refractivity (Wildman–Crippen MR) is 67.4 cm³/mol. The fraction of sp³-hybridized carbons (Fsp3) is 0.357. The van der Waals surface area contributed by atoms with E-state index in [1.165, 1.54) is 5.56 Å². The van der Waals surface area contributed by atoms with Crippen molar-refractivity contribution < 1.29 is 9.53 Å². The number of benzene rings is 1. The van der Waals surface area contributed by atoms with E-state index in [2.05, 4.69) is 23.4 Å². The summed E-state index contributed by atoms with van der Waals surface area (Å²) in [5.74, 6) is 2.14. The standard InChI is InChI=1S/C14H17NO2/c1-2-10-15-12-14(16)17-11-6-9-13-7-4-3-5-8-13/h1,3-5,7-8,15H,6,9-12H2. The van der Waals surface area contributed by atoms with Crippen molar-refractivity contribution in [1.29, 1.82) is 0 Å². The van der Waals surface area contributed by atoms with Gasteiger partial charge in [0.15, 0.2) is 0 Å². The van der Waals surface area contributed by atoms with Crippen LogP contribution in [0.15, 0.2) is 30.3 Å². The van der Waals surface area contributed by atoms with Crippen LogP contribution in [-0.4, -0.2) is 25.7 Å². The summed E-state index contributed by atoms with van der Waals surface area (Å²) in [4.78, 5) is 11.2. The lowest BCUT2D eigenvalue weighted by Crippen LogP contribution is -2.25. The Morgan fingerprint density at radius 1 is 1.35 bits per heavy atom. The largest absolute Gasteiger partial charge is 0.465 e. The monoisotopic (exact) mass is 231 g/mol. The summed E-state index contributed by atoms with van der Waals surface area (Å²) in [5, 5.41) is 2.78. The quantitative estimate of drug-likeness (QED) is 0.438. The molecule has 0 saturated carbocycles. The Kier molecular flexibility index (Phi) is 6.54. The summed E-state index contributed by atoms with van der Waals surface area (Å²) in [5.41, 5.74) is 1.26. The van der Waals surface area contributed by atoms with Crippen molar-refractivity contribution in [3.8, 4) is 12.3 Å². The normalized spacial score (nSPS) is 9.59. The number of rotatable bonds is 7. The molecule has 0 aromatic heterocycles. The van der Waals surface area contributed by atoms with Crippen molar-refractivity contribution in [3.63, 3.8) is 0 Å². The van der Waals surface area contributed by atoms with Gasteiger partial charge in [-0.15, -0.1) is 6.42 Å². The molecule has 0 aliphatic carbocycles. The second kappa shape index (κ2) is 8.37. The number of carbonyl (C=O) groups excluding carboxylic acids is 1. The lowest BCUT2D eigenvalue weighted by atomic mass is 10.1. The van der Waals surface area contributed by atoms with Gasteiger partial charge in [0, 0.05) is 0 Å². The Hall–Kier alpha value is -1.79. The molecule has 0 amide bonds. The zero-order valence-electron chi connectivity index (χ0n) is 9.82. The third kappa shape index (κ3) is 6.39. The molecule has 90 valence electrons. The van der Waals surface area contributed by atoms with Crippen LogP contribution in [0, 0.1) is 12.3 Å². The van der Waals surface area contributed by atoms with Crippen molar-refractivity contribution in [1.82, 2.24) is 5.32 Å². The molecule has 1 aromatic carbocycles. The minimum Gasteiger partial charge on any atom is -0.465 e. The Bertz CT molecular complexity index is 368. The first-order valence-corrected chi connectivity index (χ1v) is 5.66. The van der Waals surface area contributed by atoms with E-state index >= 15 is 0 Å². The van der Waals surface area contributed by atoms with Crippen LogP contribution in [0.25, 0.3) is 0 Å². The molecule has 1 aromatic rings. The molecule has 0 heterocycles. The van der Waals surface area contributed by atoms with Crippen LogP contribution >= 0.6 is 0 Å². The number of esters is 1. The van der Waals surface area contributed by atoms with Crippen LogP contribution in [0.3, 0.4) is 0 Å². The molecule has 3 heteroatoms. The van der Waals surface area contributed by atoms with E-state index in [1.54, 1.807) is 0 Å². The van der Waals surface area contributed by atoms with Crippen LogP contribution in [0.1, 0.15) is 12.0 Å². The maximum atomic E-state index is 11.2. The Morgan fingerprint density at radius 2 is 2.12 bits per heavy atom. The minimum absolute atomic E-state index is 0.176. The van der Waals surface area contributed by atoms with Gasteiger partial charge in [0.05, 0.1) is 19.7 Å². The number of carbonyl (C=O) groups is 1. The van der Waals surface area contributed by atoms with E-state index in [9.17, 15) is 4.79 Å². The van der Waals surface area contributed by atoms with Crippen molar-refractivity contribution in [2.24, 2.45) is 0 Å². The van der Waals surface area contributed by atoms with Gasteiger partial charge in [-0.2, -0.15) is 0 Å². The van der Waals surface area contributed by atoms with Gasteiger partial charge in [-0.3, -0.25) is 10.1 Å². The van der Waals surface area contributed by atoms with Gasteiger partial charge < -0.3 is 4.74 Å². The smallest absolute Gasteiger partial charge is 0.319 e. The second-order valence-electron chi connectivity index (χ2n) is 3.62. The van der Waals surface area contributed by atoms with Crippen molar-refractivity contribution >= 4 is 5.97 Å². The average Bonchev–Trinajstić information content (AvgIpc) is 2.36. The maximum absolute atomic E-state index is 11.2. The highest BCUT2D eigenvalue weighted by molar-refractivity contribution is 5.71. The second-order valence-corrected chi connectivity index (χ2v) is 3.62. The van der Waals surface area contributed by atoms with Gasteiger partial charge in [-0.25, -0.2) is 0 Å². The van der Waals surface area contributed by atoms with E-state index < -0.39 is 0 Å². The van der Waals surface area contributed by atoms with Gasteiger partial charge in [0.25, 0.3) is 0 Å². The topological polar surface area (TPSA) is 38.3 Å². The SMILES string of the molecule is C#CCNCC(=O)OCCCc1ccccc1. The molecule has 0 aliphatic heterocycles. The third-order valence-corrected chi connectivity index (χ3v) is 2.21. The summed E-state index contributed by atoms with van der Waals surface area (Å²) >= 11 is 0. The zero-order valence-corrected chi connectivity index (χ0v) is 9.82. The fourth-order valence-corrected chi connectivity index (χ4v) is 1.39. The molecule has 0 saturated heterocycles. The van der Waals surface area contributed by atoms with Crippen molar-refractivity contribution in [3.05, 3.63) is 35.9 Å². The molecule has 17 heavy (non-hydrogen) atoms. The lowest BCUT2D eigenvalue weighted by Gasteiger charge is -2.05. The minimum atomic E-state index is -0.256. The number of hydrogen-bond donors (Lipinski definition) is 1. The summed E-state index contributed by atoms with van der Waals surface area (Å²) < 4.78 is 5.04. The molecular weight excluding hydrogens is 214 g/mol. The van der Waals surface area contributed by atoms with E-state index in [-0.39, 0.29) is 12.5 Å². The summed E-state index contributed by atoms with van der Waals surface area (Å²) in [6, 6.07) is 10.1. The zero-order chi connectivity index (χ0) is 12.3. The molecule has 0 unspecified atom stereocenters. The van der Waals surface area contributed by atoms with E-state index in [4.69, 9.17) is 11.2 Å². The van der Waals surface area contributed by atoms with Crippen molar-refractivity contribution in [2.75, 3.05) is 19.7 Å². The third-order valence-electron chi connectivity index (χ3n) is 2.21. The van der Waals surface area contributed by atoms with E-state index in [0.717, 1.165) is 12.8 Å². The molecule has 0 bridgehead atoms. The van der Waals surface area contributed by atoms with Gasteiger partial charge >= 0.3 is 5.97 Å². The Balaban J connectivity index is 2.04. The molecular formula is C14H17NO2. The molecule has 1 rings (SSSR count). The van der Waals surface area contributed by atoms with Crippen molar-refractivity contribution in [2.45, 2.75) is 12.8 Å². The maximum Gasteiger partial charge on any atom is 0.319 e. The Labute approximate surface area is 102 Å². The van der Waals surface area contributed by atoms with Crippen LogP contribution < -0.4 is 5.32 Å². The van der Waals surface area contributed by atoms with Crippen LogP contribution in [0.4, 0.5) is 0 Å². The van der Waals surface area contributed by atoms with Crippen LogP contribution in [0.5, 0.6) is 0 Å². The van der Waals surface area contributed by atoms with Gasteiger partial charge in [0.1, 0.15) is 0 Å². The first-order chi connectivity index (χ1) is 8.33. The fourth-order valence-electron chi connectivity index (χ4n) is 1.39. The first kappa shape index (κ1) is 13.3. The highest BCUT2D eigenvalue weighted by Gasteiger charge is 2.00. The molecule has 0 spiro atoms. The van der Waals surface area contributed by atoms with Gasteiger partial charge in [-0.1, -0.05) is 36.3 Å². The summed E-state index contributed by atoms with van der Waals surface area (Å²) in [6.45, 7) is 1.01. The summed E-state index contributed by atoms with van der Waals surface area (Å²) in [6.07, 6.45) is 6.80. The first-order valence-electron chi connectivity index (χ1n) is 5.66. The summed E-state index contributed by atoms with van der Waals surface area (Å²) in [7, 11) is 0. The molecule has 1 N–H and O–H groups in total. The average molecular weight is 231 g/mol. The molecule has 3 nitrogen and oxygen atoms in total. The van der Waals surface area contributed by atoms with Gasteiger partial charge in [-0.05, 0) is 18.4 Å². The predicted octanol–water partition coefficient (Wildman–Crippen LogP) is 1.39. The number of aryl methyl sites for hydroxylation is 1. The van der Waals surface area contributed by atoms with Crippen LogP contribution in [-0.2, 0) is 16.0 Å². The molecule has 0 radical (unpaired) electrons. The molecule has 0 fully saturated rings. The number of ether oxygens (including phenoxy) is 1. The van der Waals surface area contributed by atoms with E-state index in [0.29, 0.717) is 13.2 Å². The number of terminal acetylenes is 1. The number of hydrogen-bond acceptors (Lipinski definition) is 3.